The van der Waals surface area contributed by atoms with Crippen LogP contribution in [0.15, 0.2) is 60.1 Å². The summed E-state index contributed by atoms with van der Waals surface area (Å²) in [6.45, 7) is 0.463. The number of nitrogens with zero attached hydrogens (tertiary/aromatic N) is 2. The van der Waals surface area contributed by atoms with Crippen molar-refractivity contribution in [3.63, 3.8) is 0 Å². The normalized spacial score (nSPS) is 10.4. The fourth-order valence-corrected chi connectivity index (χ4v) is 2.92. The molecule has 0 aliphatic heterocycles. The maximum atomic E-state index is 11.9. The van der Waals surface area contributed by atoms with Crippen molar-refractivity contribution in [3.8, 4) is 11.4 Å². The molecule has 5 heteroatoms. The lowest BCUT2D eigenvalue weighted by Gasteiger charge is -2.03. The molecule has 1 N–H and O–H groups in total. The summed E-state index contributed by atoms with van der Waals surface area (Å²) < 4.78 is 0. The minimum Gasteiger partial charge on any atom is -0.350 e. The van der Waals surface area contributed by atoms with Crippen LogP contribution in [0.25, 0.3) is 11.4 Å². The Bertz CT molecular complexity index is 756. The maximum Gasteiger partial charge on any atom is 0.220 e. The number of aryl methyl sites for hydroxylation is 1. The molecule has 2 aromatic heterocycles. The topological polar surface area (TPSA) is 54.9 Å². The van der Waals surface area contributed by atoms with E-state index in [1.165, 1.54) is 16.9 Å². The van der Waals surface area contributed by atoms with E-state index in [-0.39, 0.29) is 5.91 Å². The third-order valence-electron chi connectivity index (χ3n) is 3.40. The second-order valence-electron chi connectivity index (χ2n) is 5.10. The van der Waals surface area contributed by atoms with Gasteiger partial charge in [0.1, 0.15) is 5.01 Å². The molecule has 23 heavy (non-hydrogen) atoms. The molecule has 0 unspecified atom stereocenters. The quantitative estimate of drug-likeness (QED) is 0.756. The largest absolute Gasteiger partial charge is 0.350 e. The third-order valence-corrected chi connectivity index (χ3v) is 4.25. The van der Waals surface area contributed by atoms with Gasteiger partial charge in [-0.1, -0.05) is 36.4 Å². The highest BCUT2D eigenvalue weighted by Crippen LogP contribution is 2.19. The van der Waals surface area contributed by atoms with Crippen LogP contribution in [-0.4, -0.2) is 15.9 Å². The standard InChI is InChI=1S/C18H17N3OS/c22-17(10-9-14-6-2-1-3-7-14)20-12-18-21-16(13-23-18)15-8-4-5-11-19-15/h1-8,11,13H,9-10,12H2,(H,20,22). The molecular weight excluding hydrogens is 306 g/mol. The zero-order valence-electron chi connectivity index (χ0n) is 12.6. The Balaban J connectivity index is 1.49. The SMILES string of the molecule is O=C(CCc1ccccc1)NCc1nc(-c2ccccn2)cs1. The van der Waals surface area contributed by atoms with Crippen molar-refractivity contribution >= 4 is 17.2 Å². The number of carbonyl (C=O) groups excluding carboxylic acids is 1. The van der Waals surface area contributed by atoms with Crippen molar-refractivity contribution in [2.45, 2.75) is 19.4 Å². The summed E-state index contributed by atoms with van der Waals surface area (Å²) in [6.07, 6.45) is 2.99. The number of aromatic nitrogens is 2. The first kappa shape index (κ1) is 15.4. The van der Waals surface area contributed by atoms with Crippen LogP contribution in [0.3, 0.4) is 0 Å². The smallest absolute Gasteiger partial charge is 0.220 e. The molecule has 0 bridgehead atoms. The average molecular weight is 323 g/mol. The van der Waals surface area contributed by atoms with Gasteiger partial charge >= 0.3 is 0 Å². The van der Waals surface area contributed by atoms with Crippen LogP contribution < -0.4 is 5.32 Å². The van der Waals surface area contributed by atoms with Crippen LogP contribution in [0.4, 0.5) is 0 Å². The number of nitrogens with one attached hydrogen (secondary N) is 1. The average Bonchev–Trinajstić information content (AvgIpc) is 3.09. The summed E-state index contributed by atoms with van der Waals surface area (Å²) >= 11 is 1.54. The van der Waals surface area contributed by atoms with E-state index in [1.807, 2.05) is 53.9 Å². The van der Waals surface area contributed by atoms with Crippen LogP contribution in [-0.2, 0) is 17.8 Å². The van der Waals surface area contributed by atoms with Gasteiger partial charge in [0, 0.05) is 18.0 Å². The maximum absolute atomic E-state index is 11.9. The molecule has 1 aromatic carbocycles. The summed E-state index contributed by atoms with van der Waals surface area (Å²) in [7, 11) is 0. The lowest BCUT2D eigenvalue weighted by atomic mass is 10.1. The van der Waals surface area contributed by atoms with Crippen LogP contribution in [0.5, 0.6) is 0 Å². The van der Waals surface area contributed by atoms with Gasteiger partial charge in [0.05, 0.1) is 17.9 Å². The fourth-order valence-electron chi connectivity index (χ4n) is 2.19. The molecule has 0 aliphatic rings. The number of pyridine rings is 1. The van der Waals surface area contributed by atoms with E-state index in [1.54, 1.807) is 6.20 Å². The highest BCUT2D eigenvalue weighted by molar-refractivity contribution is 7.09. The van der Waals surface area contributed by atoms with Crippen LogP contribution in [0, 0.1) is 0 Å². The van der Waals surface area contributed by atoms with Gasteiger partial charge in [-0.15, -0.1) is 11.3 Å². The molecule has 116 valence electrons. The van der Waals surface area contributed by atoms with E-state index in [0.717, 1.165) is 22.8 Å². The molecule has 0 atom stereocenters. The predicted molar refractivity (Wildman–Crippen MR) is 92.0 cm³/mol. The molecule has 3 aromatic rings. The monoisotopic (exact) mass is 323 g/mol. The van der Waals surface area contributed by atoms with Gasteiger partial charge < -0.3 is 5.32 Å². The van der Waals surface area contributed by atoms with Crippen LogP contribution in [0.2, 0.25) is 0 Å². The van der Waals surface area contributed by atoms with E-state index in [2.05, 4.69) is 15.3 Å². The second-order valence-corrected chi connectivity index (χ2v) is 6.05. The van der Waals surface area contributed by atoms with Gasteiger partial charge in [0.25, 0.3) is 0 Å². The van der Waals surface area contributed by atoms with Gasteiger partial charge in [0.2, 0.25) is 5.91 Å². The summed E-state index contributed by atoms with van der Waals surface area (Å²) in [5, 5.41) is 5.78. The van der Waals surface area contributed by atoms with Crippen LogP contribution in [0.1, 0.15) is 17.0 Å². The number of benzene rings is 1. The summed E-state index contributed by atoms with van der Waals surface area (Å²) in [5.41, 5.74) is 2.88. The van der Waals surface area contributed by atoms with Crippen molar-refractivity contribution in [2.24, 2.45) is 0 Å². The van der Waals surface area contributed by atoms with Gasteiger partial charge in [-0.2, -0.15) is 0 Å². The Labute approximate surface area is 139 Å². The number of hydrogen-bond donors (Lipinski definition) is 1. The Kier molecular flexibility index (Phi) is 5.11. The Morgan fingerprint density at radius 1 is 1.04 bits per heavy atom. The van der Waals surface area contributed by atoms with Crippen molar-refractivity contribution in [3.05, 3.63) is 70.7 Å². The highest BCUT2D eigenvalue weighted by atomic mass is 32.1. The molecule has 0 fully saturated rings. The molecule has 4 nitrogen and oxygen atoms in total. The summed E-state index contributed by atoms with van der Waals surface area (Å²) in [6, 6.07) is 15.8. The molecule has 0 aliphatic carbocycles. The van der Waals surface area contributed by atoms with Gasteiger partial charge in [-0.05, 0) is 24.1 Å². The van der Waals surface area contributed by atoms with Crippen molar-refractivity contribution in [1.29, 1.82) is 0 Å². The molecule has 0 saturated carbocycles. The van der Waals surface area contributed by atoms with E-state index in [0.29, 0.717) is 13.0 Å². The Morgan fingerprint density at radius 3 is 2.65 bits per heavy atom. The fraction of sp³-hybridized carbons (Fsp3) is 0.167. The molecule has 1 amide bonds. The van der Waals surface area contributed by atoms with E-state index >= 15 is 0 Å². The number of thiazole rings is 1. The molecular formula is C18H17N3OS. The highest BCUT2D eigenvalue weighted by Gasteiger charge is 2.07. The predicted octanol–water partition coefficient (Wildman–Crippen LogP) is 3.45. The zero-order valence-corrected chi connectivity index (χ0v) is 13.4. The third kappa shape index (κ3) is 4.47. The Morgan fingerprint density at radius 2 is 1.87 bits per heavy atom. The first-order valence-electron chi connectivity index (χ1n) is 7.48. The number of hydrogen-bond acceptors (Lipinski definition) is 4. The van der Waals surface area contributed by atoms with Gasteiger partial charge in [0.15, 0.2) is 0 Å². The first-order chi connectivity index (χ1) is 11.3. The first-order valence-corrected chi connectivity index (χ1v) is 8.35. The number of amides is 1. The molecule has 3 rings (SSSR count). The van der Waals surface area contributed by atoms with E-state index in [4.69, 9.17) is 0 Å². The lowest BCUT2D eigenvalue weighted by molar-refractivity contribution is -0.121. The summed E-state index contributed by atoms with van der Waals surface area (Å²) in [4.78, 5) is 20.7. The molecule has 0 saturated heterocycles. The summed E-state index contributed by atoms with van der Waals surface area (Å²) in [5.74, 6) is 0.0449. The molecule has 0 spiro atoms. The van der Waals surface area contributed by atoms with E-state index < -0.39 is 0 Å². The minimum atomic E-state index is 0.0449. The van der Waals surface area contributed by atoms with Gasteiger partial charge in [-0.3, -0.25) is 9.78 Å². The van der Waals surface area contributed by atoms with Crippen molar-refractivity contribution < 1.29 is 4.79 Å². The van der Waals surface area contributed by atoms with Crippen molar-refractivity contribution in [1.82, 2.24) is 15.3 Å². The molecule has 0 radical (unpaired) electrons. The van der Waals surface area contributed by atoms with Crippen molar-refractivity contribution in [2.75, 3.05) is 0 Å². The number of rotatable bonds is 6. The van der Waals surface area contributed by atoms with Gasteiger partial charge in [-0.25, -0.2) is 4.98 Å². The Hall–Kier alpha value is -2.53. The van der Waals surface area contributed by atoms with Crippen LogP contribution >= 0.6 is 11.3 Å². The minimum absolute atomic E-state index is 0.0449. The molecule has 2 heterocycles. The second kappa shape index (κ2) is 7.65. The zero-order chi connectivity index (χ0) is 15.9. The number of carbonyl (C=O) groups is 1. The lowest BCUT2D eigenvalue weighted by Crippen LogP contribution is -2.22. The van der Waals surface area contributed by atoms with E-state index in [9.17, 15) is 4.79 Å².